The van der Waals surface area contributed by atoms with Crippen LogP contribution in [0.4, 0.5) is 0 Å². The lowest BCUT2D eigenvalue weighted by Crippen LogP contribution is -2.11. The molecule has 0 bridgehead atoms. The molecule has 0 radical (unpaired) electrons. The van der Waals surface area contributed by atoms with E-state index in [1.807, 2.05) is 6.92 Å². The van der Waals surface area contributed by atoms with Gasteiger partial charge in [0.1, 0.15) is 5.69 Å². The van der Waals surface area contributed by atoms with Crippen molar-refractivity contribution in [1.82, 2.24) is 9.97 Å². The molecular weight excluding hydrogens is 140 g/mol. The first-order valence-corrected chi connectivity index (χ1v) is 3.81. The van der Waals surface area contributed by atoms with Crippen LogP contribution in [0.15, 0.2) is 6.20 Å². The van der Waals surface area contributed by atoms with Crippen LogP contribution in [0.2, 0.25) is 0 Å². The van der Waals surface area contributed by atoms with E-state index in [2.05, 4.69) is 9.97 Å². The van der Waals surface area contributed by atoms with Gasteiger partial charge in [0.25, 0.3) is 0 Å². The van der Waals surface area contributed by atoms with E-state index in [4.69, 9.17) is 4.74 Å². The van der Waals surface area contributed by atoms with Crippen LogP contribution in [-0.2, 0) is 6.42 Å². The molecule has 1 aliphatic rings. The van der Waals surface area contributed by atoms with Crippen LogP contribution in [0.5, 0.6) is 5.88 Å². The van der Waals surface area contributed by atoms with E-state index in [1.54, 1.807) is 6.20 Å². The Morgan fingerprint density at radius 3 is 3.36 bits per heavy atom. The van der Waals surface area contributed by atoms with Crippen LogP contribution in [-0.4, -0.2) is 16.6 Å². The van der Waals surface area contributed by atoms with Crippen molar-refractivity contribution < 1.29 is 4.74 Å². The molecule has 0 aromatic carbocycles. The van der Waals surface area contributed by atoms with E-state index in [9.17, 15) is 0 Å². The van der Waals surface area contributed by atoms with Gasteiger partial charge in [-0.3, -0.25) is 4.98 Å². The number of hydrogen-bond donors (Lipinski definition) is 0. The Labute approximate surface area is 65.4 Å². The summed E-state index contributed by atoms with van der Waals surface area (Å²) in [5.74, 6) is 0.724. The summed E-state index contributed by atoms with van der Waals surface area (Å²) in [5.41, 5.74) is 1.98. The van der Waals surface area contributed by atoms with Crippen LogP contribution in [0, 0.1) is 6.92 Å². The predicted octanol–water partition coefficient (Wildman–Crippen LogP) is 1.11. The molecule has 0 N–H and O–H groups in total. The van der Waals surface area contributed by atoms with Crippen molar-refractivity contribution in [3.8, 4) is 5.88 Å². The third kappa shape index (κ3) is 1.18. The first-order valence-electron chi connectivity index (χ1n) is 3.81. The number of nitrogens with zero attached hydrogens (tertiary/aromatic N) is 2. The number of rotatable bonds is 0. The highest BCUT2D eigenvalue weighted by atomic mass is 16.5. The summed E-state index contributed by atoms with van der Waals surface area (Å²) in [4.78, 5) is 8.46. The molecule has 0 saturated heterocycles. The zero-order valence-corrected chi connectivity index (χ0v) is 6.50. The minimum Gasteiger partial charge on any atom is -0.476 e. The van der Waals surface area contributed by atoms with E-state index in [0.717, 1.165) is 36.7 Å². The van der Waals surface area contributed by atoms with Crippen molar-refractivity contribution in [3.05, 3.63) is 17.6 Å². The van der Waals surface area contributed by atoms with E-state index < -0.39 is 0 Å². The number of ether oxygens (including phenoxy) is 1. The quantitative estimate of drug-likeness (QED) is 0.555. The van der Waals surface area contributed by atoms with E-state index >= 15 is 0 Å². The highest BCUT2D eigenvalue weighted by molar-refractivity contribution is 5.21. The maximum atomic E-state index is 5.30. The molecule has 0 spiro atoms. The minimum absolute atomic E-state index is 0.724. The Morgan fingerprint density at radius 2 is 2.45 bits per heavy atom. The molecule has 0 saturated carbocycles. The van der Waals surface area contributed by atoms with Crippen LogP contribution in [0.3, 0.4) is 0 Å². The second kappa shape index (κ2) is 2.49. The molecule has 3 nitrogen and oxygen atoms in total. The SMILES string of the molecule is Cc1cnc2c(n1)CCCO2. The average Bonchev–Trinajstić information content (AvgIpc) is 2.04. The maximum Gasteiger partial charge on any atom is 0.235 e. The lowest BCUT2D eigenvalue weighted by molar-refractivity contribution is 0.272. The normalized spacial score (nSPS) is 15.4. The van der Waals surface area contributed by atoms with E-state index in [0.29, 0.717) is 0 Å². The summed E-state index contributed by atoms with van der Waals surface area (Å²) >= 11 is 0. The maximum absolute atomic E-state index is 5.30. The van der Waals surface area contributed by atoms with Gasteiger partial charge in [0.15, 0.2) is 0 Å². The zero-order valence-electron chi connectivity index (χ0n) is 6.50. The highest BCUT2D eigenvalue weighted by Crippen LogP contribution is 2.18. The van der Waals surface area contributed by atoms with Gasteiger partial charge < -0.3 is 4.74 Å². The van der Waals surface area contributed by atoms with Gasteiger partial charge in [-0.15, -0.1) is 0 Å². The van der Waals surface area contributed by atoms with E-state index in [-0.39, 0.29) is 0 Å². The number of hydrogen-bond acceptors (Lipinski definition) is 3. The fraction of sp³-hybridized carbons (Fsp3) is 0.500. The minimum atomic E-state index is 0.724. The molecule has 1 aromatic heterocycles. The van der Waals surface area contributed by atoms with Gasteiger partial charge in [0.2, 0.25) is 5.88 Å². The van der Waals surface area contributed by atoms with Crippen molar-refractivity contribution in [3.63, 3.8) is 0 Å². The van der Waals surface area contributed by atoms with Gasteiger partial charge in [-0.1, -0.05) is 0 Å². The summed E-state index contributed by atoms with van der Waals surface area (Å²) in [6.45, 7) is 2.73. The molecular formula is C8H10N2O. The van der Waals surface area contributed by atoms with Gasteiger partial charge >= 0.3 is 0 Å². The van der Waals surface area contributed by atoms with Gasteiger partial charge in [0, 0.05) is 0 Å². The smallest absolute Gasteiger partial charge is 0.235 e. The second-order valence-electron chi connectivity index (χ2n) is 2.72. The standard InChI is InChI=1S/C8H10N2O/c1-6-5-9-8-7(10-6)3-2-4-11-8/h5H,2-4H2,1H3. The monoisotopic (exact) mass is 150 g/mol. The third-order valence-corrected chi connectivity index (χ3v) is 1.72. The Bertz CT molecular complexity index is 273. The van der Waals surface area contributed by atoms with Crippen LogP contribution in [0.1, 0.15) is 17.8 Å². The number of aromatic nitrogens is 2. The van der Waals surface area contributed by atoms with Crippen molar-refractivity contribution in [2.75, 3.05) is 6.61 Å². The molecule has 58 valence electrons. The van der Waals surface area contributed by atoms with Gasteiger partial charge in [-0.05, 0) is 19.8 Å². The fourth-order valence-corrected chi connectivity index (χ4v) is 1.21. The number of aryl methyl sites for hydroxylation is 2. The fourth-order valence-electron chi connectivity index (χ4n) is 1.21. The molecule has 2 rings (SSSR count). The zero-order chi connectivity index (χ0) is 7.68. The van der Waals surface area contributed by atoms with Gasteiger partial charge in [0.05, 0.1) is 18.5 Å². The van der Waals surface area contributed by atoms with Crippen LogP contribution in [0.25, 0.3) is 0 Å². The largest absolute Gasteiger partial charge is 0.476 e. The third-order valence-electron chi connectivity index (χ3n) is 1.72. The van der Waals surface area contributed by atoms with Crippen molar-refractivity contribution in [2.45, 2.75) is 19.8 Å². The predicted molar refractivity (Wildman–Crippen MR) is 40.6 cm³/mol. The molecule has 1 aliphatic heterocycles. The van der Waals surface area contributed by atoms with E-state index in [1.165, 1.54) is 0 Å². The molecule has 2 heterocycles. The van der Waals surface area contributed by atoms with Crippen molar-refractivity contribution in [1.29, 1.82) is 0 Å². The molecule has 3 heteroatoms. The van der Waals surface area contributed by atoms with Gasteiger partial charge in [-0.2, -0.15) is 0 Å². The number of fused-ring (bicyclic) bond motifs is 1. The van der Waals surface area contributed by atoms with Crippen molar-refractivity contribution >= 4 is 0 Å². The summed E-state index contributed by atoms with van der Waals surface area (Å²) < 4.78 is 5.30. The molecule has 11 heavy (non-hydrogen) atoms. The second-order valence-corrected chi connectivity index (χ2v) is 2.72. The summed E-state index contributed by atoms with van der Waals surface area (Å²) in [5, 5.41) is 0. The Kier molecular flexibility index (Phi) is 1.49. The first-order chi connectivity index (χ1) is 5.36. The molecule has 0 fully saturated rings. The first kappa shape index (κ1) is 6.58. The summed E-state index contributed by atoms with van der Waals surface area (Å²) in [6, 6.07) is 0. The topological polar surface area (TPSA) is 35.0 Å². The summed E-state index contributed by atoms with van der Waals surface area (Å²) in [6.07, 6.45) is 3.80. The molecule has 0 atom stereocenters. The lowest BCUT2D eigenvalue weighted by atomic mass is 10.2. The Balaban J connectivity index is 2.43. The lowest BCUT2D eigenvalue weighted by Gasteiger charge is -2.14. The molecule has 0 unspecified atom stereocenters. The molecule has 0 amide bonds. The highest BCUT2D eigenvalue weighted by Gasteiger charge is 2.11. The average molecular weight is 150 g/mol. The van der Waals surface area contributed by atoms with Crippen molar-refractivity contribution in [2.24, 2.45) is 0 Å². The van der Waals surface area contributed by atoms with Crippen LogP contribution < -0.4 is 4.74 Å². The Hall–Kier alpha value is -1.12. The van der Waals surface area contributed by atoms with Gasteiger partial charge in [-0.25, -0.2) is 4.98 Å². The van der Waals surface area contributed by atoms with Crippen LogP contribution >= 0.6 is 0 Å². The Morgan fingerprint density at radius 1 is 1.55 bits per heavy atom. The molecule has 1 aromatic rings. The molecule has 0 aliphatic carbocycles. The summed E-state index contributed by atoms with van der Waals surface area (Å²) in [7, 11) is 0.